The van der Waals surface area contributed by atoms with E-state index in [0.29, 0.717) is 25.2 Å². The fourth-order valence-electron chi connectivity index (χ4n) is 4.00. The summed E-state index contributed by atoms with van der Waals surface area (Å²) >= 11 is 0. The number of hydrogen-bond donors (Lipinski definition) is 1. The monoisotopic (exact) mass is 419 g/mol. The summed E-state index contributed by atoms with van der Waals surface area (Å²) in [4.78, 5) is 27.9. The van der Waals surface area contributed by atoms with E-state index in [1.807, 2.05) is 42.5 Å². The molecule has 2 aromatic carbocycles. The molecule has 1 atom stereocenters. The quantitative estimate of drug-likeness (QED) is 0.426. The first-order chi connectivity index (χ1) is 15.0. The number of Topliss-reactive ketones (excluding diaryl/α,β-unsaturated/α-hetero) is 1. The molecule has 4 rings (SSSR count). The molecule has 31 heavy (non-hydrogen) atoms. The van der Waals surface area contributed by atoms with Crippen molar-refractivity contribution in [2.24, 2.45) is 0 Å². The van der Waals surface area contributed by atoms with Crippen LogP contribution in [0.3, 0.4) is 0 Å². The van der Waals surface area contributed by atoms with Crippen LogP contribution in [-0.4, -0.2) is 42.0 Å². The second-order valence-corrected chi connectivity index (χ2v) is 7.58. The molecular weight excluding hydrogens is 394 g/mol. The van der Waals surface area contributed by atoms with Crippen LogP contribution in [0, 0.1) is 0 Å². The van der Waals surface area contributed by atoms with E-state index < -0.39 is 23.5 Å². The fraction of sp³-hybridized carbons (Fsp3) is 0.280. The van der Waals surface area contributed by atoms with Crippen LogP contribution in [0.2, 0.25) is 0 Å². The number of aryl methyl sites for hydroxylation is 1. The predicted octanol–water partition coefficient (Wildman–Crippen LogP) is 4.61. The molecule has 1 N–H and O–H groups in total. The molecule has 160 valence electrons. The summed E-state index contributed by atoms with van der Waals surface area (Å²) in [5, 5.41) is 11.5. The number of benzene rings is 2. The van der Waals surface area contributed by atoms with Crippen molar-refractivity contribution in [2.45, 2.75) is 25.8 Å². The van der Waals surface area contributed by atoms with Crippen LogP contribution in [0.4, 0.5) is 0 Å². The van der Waals surface area contributed by atoms with Gasteiger partial charge in [0.1, 0.15) is 5.58 Å². The summed E-state index contributed by atoms with van der Waals surface area (Å²) in [5.74, 6) is -1.46. The molecule has 1 aliphatic heterocycles. The molecule has 1 aliphatic rings. The number of ether oxygens (including phenoxy) is 1. The highest BCUT2D eigenvalue weighted by molar-refractivity contribution is 6.16. The lowest BCUT2D eigenvalue weighted by Gasteiger charge is -2.26. The number of carbonyl (C=O) groups excluding carboxylic acids is 2. The minimum Gasteiger partial charge on any atom is -0.503 e. The zero-order valence-corrected chi connectivity index (χ0v) is 17.6. The minimum atomic E-state index is -0.684. The lowest BCUT2D eigenvalue weighted by atomic mass is 9.94. The van der Waals surface area contributed by atoms with Crippen molar-refractivity contribution >= 4 is 22.7 Å². The molecule has 0 radical (unpaired) electrons. The highest BCUT2D eigenvalue weighted by Crippen LogP contribution is 2.39. The third kappa shape index (κ3) is 3.86. The average molecular weight is 419 g/mol. The average Bonchev–Trinajstić information content (AvgIpc) is 3.34. The number of aliphatic hydroxyl groups excluding tert-OH is 1. The van der Waals surface area contributed by atoms with Gasteiger partial charge in [0.25, 0.3) is 5.91 Å². The summed E-state index contributed by atoms with van der Waals surface area (Å²) in [6.45, 7) is 2.89. The lowest BCUT2D eigenvalue weighted by molar-refractivity contribution is -0.129. The van der Waals surface area contributed by atoms with Gasteiger partial charge in [-0.2, -0.15) is 0 Å². The smallest absolute Gasteiger partial charge is 0.290 e. The Morgan fingerprint density at radius 3 is 2.58 bits per heavy atom. The van der Waals surface area contributed by atoms with Crippen LogP contribution in [0.5, 0.6) is 0 Å². The highest BCUT2D eigenvalue weighted by atomic mass is 16.5. The summed E-state index contributed by atoms with van der Waals surface area (Å²) in [7, 11) is 1.60. The molecule has 0 saturated heterocycles. The van der Waals surface area contributed by atoms with Crippen LogP contribution in [-0.2, 0) is 16.0 Å². The predicted molar refractivity (Wildman–Crippen MR) is 117 cm³/mol. The van der Waals surface area contributed by atoms with Gasteiger partial charge in [0.2, 0.25) is 5.78 Å². The molecule has 0 spiro atoms. The van der Waals surface area contributed by atoms with Gasteiger partial charge in [-0.15, -0.1) is 0 Å². The zero-order valence-electron chi connectivity index (χ0n) is 17.6. The Hall–Kier alpha value is -3.38. The molecule has 2 heterocycles. The van der Waals surface area contributed by atoms with E-state index in [2.05, 4.69) is 6.92 Å². The van der Waals surface area contributed by atoms with Gasteiger partial charge in [0, 0.05) is 25.6 Å². The first-order valence-corrected chi connectivity index (χ1v) is 10.4. The van der Waals surface area contributed by atoms with E-state index in [4.69, 9.17) is 9.15 Å². The minimum absolute atomic E-state index is 0.0470. The van der Waals surface area contributed by atoms with Crippen molar-refractivity contribution in [3.63, 3.8) is 0 Å². The molecule has 3 aromatic rings. The van der Waals surface area contributed by atoms with Gasteiger partial charge >= 0.3 is 0 Å². The topological polar surface area (TPSA) is 80.0 Å². The third-order valence-corrected chi connectivity index (χ3v) is 5.65. The largest absolute Gasteiger partial charge is 0.503 e. The summed E-state index contributed by atoms with van der Waals surface area (Å²) in [5.41, 5.74) is 2.55. The molecule has 0 fully saturated rings. The Morgan fingerprint density at radius 1 is 1.16 bits per heavy atom. The number of furan rings is 1. The molecule has 0 aliphatic carbocycles. The summed E-state index contributed by atoms with van der Waals surface area (Å²) in [6.07, 6.45) is 1.47. The Bertz CT molecular complexity index is 1110. The van der Waals surface area contributed by atoms with Gasteiger partial charge in [-0.1, -0.05) is 49.4 Å². The molecule has 1 aromatic heterocycles. The van der Waals surface area contributed by atoms with Crippen LogP contribution >= 0.6 is 0 Å². The number of fused-ring (bicyclic) bond motifs is 1. The Morgan fingerprint density at radius 2 is 1.90 bits per heavy atom. The number of nitrogens with zero attached hydrogens (tertiary/aromatic N) is 1. The number of para-hydroxylation sites is 1. The molecule has 6 heteroatoms. The SMILES string of the molecule is CCc1ccc(C2C(C(=O)c3cc4ccccc4o3)=C(O)C(=O)N2CCCOC)cc1. The first-order valence-electron chi connectivity index (χ1n) is 10.4. The number of ketones is 1. The second kappa shape index (κ2) is 8.78. The van der Waals surface area contributed by atoms with E-state index in [9.17, 15) is 14.7 Å². The molecule has 1 amide bonds. The van der Waals surface area contributed by atoms with Crippen LogP contribution < -0.4 is 0 Å². The Balaban J connectivity index is 1.76. The van der Waals surface area contributed by atoms with Gasteiger partial charge in [0.05, 0.1) is 11.6 Å². The van der Waals surface area contributed by atoms with E-state index in [1.54, 1.807) is 19.2 Å². The number of carbonyl (C=O) groups is 2. The maximum atomic E-state index is 13.4. The Kier molecular flexibility index (Phi) is 5.91. The molecule has 0 bridgehead atoms. The maximum absolute atomic E-state index is 13.4. The normalized spacial score (nSPS) is 16.5. The number of amides is 1. The van der Waals surface area contributed by atoms with Gasteiger partial charge < -0.3 is 19.2 Å². The Labute approximate surface area is 180 Å². The molecule has 1 unspecified atom stereocenters. The van der Waals surface area contributed by atoms with Gasteiger partial charge in [-0.3, -0.25) is 9.59 Å². The van der Waals surface area contributed by atoms with Gasteiger partial charge in [0.15, 0.2) is 11.5 Å². The fourth-order valence-corrected chi connectivity index (χ4v) is 4.00. The highest BCUT2D eigenvalue weighted by Gasteiger charge is 2.44. The van der Waals surface area contributed by atoms with E-state index in [1.165, 1.54) is 4.90 Å². The van der Waals surface area contributed by atoms with Crippen LogP contribution in [0.1, 0.15) is 41.1 Å². The lowest BCUT2D eigenvalue weighted by Crippen LogP contribution is -2.32. The van der Waals surface area contributed by atoms with Crippen molar-refractivity contribution < 1.29 is 23.8 Å². The van der Waals surface area contributed by atoms with Crippen molar-refractivity contribution in [3.05, 3.63) is 82.8 Å². The van der Waals surface area contributed by atoms with Crippen molar-refractivity contribution in [1.29, 1.82) is 0 Å². The van der Waals surface area contributed by atoms with Crippen LogP contribution in [0.25, 0.3) is 11.0 Å². The van der Waals surface area contributed by atoms with E-state index >= 15 is 0 Å². The maximum Gasteiger partial charge on any atom is 0.290 e. The first kappa shape index (κ1) is 20.9. The zero-order chi connectivity index (χ0) is 22.0. The number of rotatable bonds is 8. The second-order valence-electron chi connectivity index (χ2n) is 7.58. The van der Waals surface area contributed by atoms with E-state index in [-0.39, 0.29) is 11.3 Å². The number of aliphatic hydroxyl groups is 1. The molecule has 0 saturated carbocycles. The van der Waals surface area contributed by atoms with Crippen LogP contribution in [0.15, 0.2) is 70.3 Å². The van der Waals surface area contributed by atoms with E-state index in [0.717, 1.165) is 22.9 Å². The summed E-state index contributed by atoms with van der Waals surface area (Å²) in [6, 6.07) is 16.0. The standard InChI is InChI=1S/C25H25NO5/c1-3-16-9-11-17(12-10-16)22-21(24(28)25(29)26(22)13-6-14-30-2)23(27)20-15-18-7-4-5-8-19(18)31-20/h4-5,7-12,15,22,28H,3,6,13-14H2,1-2H3. The third-order valence-electron chi connectivity index (χ3n) is 5.65. The molecular formula is C25H25NO5. The summed E-state index contributed by atoms with van der Waals surface area (Å²) < 4.78 is 10.9. The van der Waals surface area contributed by atoms with Gasteiger partial charge in [-0.25, -0.2) is 0 Å². The number of hydrogen-bond acceptors (Lipinski definition) is 5. The van der Waals surface area contributed by atoms with Crippen molar-refractivity contribution in [2.75, 3.05) is 20.3 Å². The number of methoxy groups -OCH3 is 1. The van der Waals surface area contributed by atoms with Crippen molar-refractivity contribution in [3.8, 4) is 0 Å². The molecule has 6 nitrogen and oxygen atoms in total. The van der Waals surface area contributed by atoms with Crippen molar-refractivity contribution in [1.82, 2.24) is 4.90 Å². The van der Waals surface area contributed by atoms with Gasteiger partial charge in [-0.05, 0) is 36.1 Å².